The summed E-state index contributed by atoms with van der Waals surface area (Å²) in [5.41, 5.74) is -2.39. The zero-order chi connectivity index (χ0) is 23.5. The van der Waals surface area contributed by atoms with Crippen LogP contribution in [-0.4, -0.2) is 41.7 Å². The van der Waals surface area contributed by atoms with Crippen LogP contribution in [0.5, 0.6) is 11.5 Å². The number of ether oxygens (including phenoxy) is 1. The summed E-state index contributed by atoms with van der Waals surface area (Å²) in [5.74, 6) is 2.05. The Kier molecular flexibility index (Phi) is 6.38. The molecule has 0 saturated carbocycles. The van der Waals surface area contributed by atoms with Gasteiger partial charge in [0.25, 0.3) is 0 Å². The molecule has 3 aromatic carbocycles. The van der Waals surface area contributed by atoms with E-state index < -0.39 is 5.51 Å². The summed E-state index contributed by atoms with van der Waals surface area (Å²) in [6.45, 7) is 4.28. The molecule has 5 nitrogen and oxygen atoms in total. The number of aromatic nitrogens is 1. The maximum Gasteiger partial charge on any atom is 0.446 e. The minimum Gasteiger partial charge on any atom is -0.457 e. The van der Waals surface area contributed by atoms with E-state index in [0.717, 1.165) is 55.1 Å². The molecule has 0 amide bonds. The molecule has 1 aromatic heterocycles. The van der Waals surface area contributed by atoms with Gasteiger partial charge in [-0.25, -0.2) is 0 Å². The zero-order valence-corrected chi connectivity index (χ0v) is 19.0. The quantitative estimate of drug-likeness (QED) is 0.288. The number of rotatable bonds is 6. The first-order valence-corrected chi connectivity index (χ1v) is 11.7. The number of nitrogens with zero attached hydrogens (tertiary/aromatic N) is 3. The number of thioether (sulfide) groups is 1. The number of benzene rings is 3. The first-order valence-electron chi connectivity index (χ1n) is 10.9. The van der Waals surface area contributed by atoms with Gasteiger partial charge in [-0.15, -0.1) is 0 Å². The fourth-order valence-electron chi connectivity index (χ4n) is 4.03. The minimum atomic E-state index is -4.30. The Bertz CT molecular complexity index is 1250. The Balaban J connectivity index is 1.17. The zero-order valence-electron chi connectivity index (χ0n) is 18.2. The highest BCUT2D eigenvalue weighted by atomic mass is 32.2. The van der Waals surface area contributed by atoms with Crippen LogP contribution in [0.15, 0.2) is 82.2 Å². The Morgan fingerprint density at radius 2 is 1.65 bits per heavy atom. The van der Waals surface area contributed by atoms with Gasteiger partial charge in [0.2, 0.25) is 0 Å². The normalized spacial score (nSPS) is 15.1. The van der Waals surface area contributed by atoms with E-state index in [1.807, 2.05) is 48.5 Å². The fourth-order valence-corrected chi connectivity index (χ4v) is 4.57. The van der Waals surface area contributed by atoms with E-state index in [9.17, 15) is 13.2 Å². The summed E-state index contributed by atoms with van der Waals surface area (Å²) < 4.78 is 48.8. The first kappa shape index (κ1) is 22.6. The Morgan fingerprint density at radius 3 is 2.41 bits per heavy atom. The number of piperazine rings is 1. The highest BCUT2D eigenvalue weighted by Gasteiger charge is 2.29. The molecule has 0 bridgehead atoms. The molecule has 0 aliphatic carbocycles. The molecule has 1 fully saturated rings. The Morgan fingerprint density at radius 1 is 0.882 bits per heavy atom. The van der Waals surface area contributed by atoms with Crippen LogP contribution < -0.4 is 9.64 Å². The molecular formula is C25H22F3N3O2S. The van der Waals surface area contributed by atoms with Crippen LogP contribution in [0, 0.1) is 0 Å². The molecule has 0 atom stereocenters. The standard InChI is InChI=1S/C25H22F3N3O2S/c26-25(27,28)34-21-10-8-19(9-11-21)32-20-5-3-4-18(16-20)17-30-12-14-31(15-13-30)24-22-6-1-2-7-23(22)33-29-24/h1-11,16H,12-15,17H2. The van der Waals surface area contributed by atoms with E-state index in [1.165, 1.54) is 12.1 Å². The van der Waals surface area contributed by atoms with E-state index >= 15 is 0 Å². The molecule has 34 heavy (non-hydrogen) atoms. The fraction of sp³-hybridized carbons (Fsp3) is 0.240. The van der Waals surface area contributed by atoms with Gasteiger partial charge in [-0.2, -0.15) is 13.2 Å². The van der Waals surface area contributed by atoms with Crippen molar-refractivity contribution in [2.75, 3.05) is 31.1 Å². The topological polar surface area (TPSA) is 41.7 Å². The second-order valence-electron chi connectivity index (χ2n) is 8.03. The lowest BCUT2D eigenvalue weighted by Gasteiger charge is -2.34. The van der Waals surface area contributed by atoms with Gasteiger partial charge in [0, 0.05) is 37.6 Å². The van der Waals surface area contributed by atoms with Crippen molar-refractivity contribution in [3.05, 3.63) is 78.4 Å². The largest absolute Gasteiger partial charge is 0.457 e. The smallest absolute Gasteiger partial charge is 0.446 e. The van der Waals surface area contributed by atoms with Crippen molar-refractivity contribution in [2.45, 2.75) is 16.9 Å². The Labute approximate surface area is 199 Å². The van der Waals surface area contributed by atoms with Crippen LogP contribution in [0.2, 0.25) is 0 Å². The molecule has 176 valence electrons. The SMILES string of the molecule is FC(F)(F)Sc1ccc(Oc2cccc(CN3CCN(c4noc5ccccc45)CC3)c2)cc1. The third-order valence-electron chi connectivity index (χ3n) is 5.63. The summed E-state index contributed by atoms with van der Waals surface area (Å²) in [7, 11) is 0. The second kappa shape index (κ2) is 9.60. The number of anilines is 1. The third-order valence-corrected chi connectivity index (χ3v) is 6.37. The van der Waals surface area contributed by atoms with Gasteiger partial charge >= 0.3 is 5.51 Å². The summed E-state index contributed by atoms with van der Waals surface area (Å²) in [5, 5.41) is 5.29. The highest BCUT2D eigenvalue weighted by Crippen LogP contribution is 2.37. The molecule has 0 unspecified atom stereocenters. The lowest BCUT2D eigenvalue weighted by Crippen LogP contribution is -2.46. The molecule has 0 radical (unpaired) electrons. The molecule has 9 heteroatoms. The van der Waals surface area contributed by atoms with Crippen LogP contribution in [0.4, 0.5) is 19.0 Å². The van der Waals surface area contributed by atoms with E-state index in [2.05, 4.69) is 15.0 Å². The number of alkyl halides is 3. The molecule has 1 aliphatic heterocycles. The molecule has 0 spiro atoms. The van der Waals surface area contributed by atoms with E-state index in [0.29, 0.717) is 11.5 Å². The Hall–Kier alpha value is -3.17. The lowest BCUT2D eigenvalue weighted by molar-refractivity contribution is -0.0328. The second-order valence-corrected chi connectivity index (χ2v) is 9.17. The van der Waals surface area contributed by atoms with Crippen LogP contribution in [0.25, 0.3) is 11.0 Å². The number of hydrogen-bond donors (Lipinski definition) is 0. The van der Waals surface area contributed by atoms with Crippen molar-refractivity contribution in [3.63, 3.8) is 0 Å². The van der Waals surface area contributed by atoms with E-state index in [4.69, 9.17) is 9.26 Å². The van der Waals surface area contributed by atoms with Gasteiger partial charge in [-0.1, -0.05) is 29.4 Å². The molecule has 2 heterocycles. The van der Waals surface area contributed by atoms with Crippen molar-refractivity contribution < 1.29 is 22.4 Å². The molecule has 0 N–H and O–H groups in total. The van der Waals surface area contributed by atoms with Crippen LogP contribution >= 0.6 is 11.8 Å². The van der Waals surface area contributed by atoms with Crippen molar-refractivity contribution in [3.8, 4) is 11.5 Å². The number of fused-ring (bicyclic) bond motifs is 1. The molecule has 1 aliphatic rings. The number of halogens is 3. The van der Waals surface area contributed by atoms with Gasteiger partial charge in [-0.05, 0) is 65.9 Å². The lowest BCUT2D eigenvalue weighted by atomic mass is 10.1. The van der Waals surface area contributed by atoms with Crippen LogP contribution in [0.3, 0.4) is 0 Å². The molecule has 5 rings (SSSR count). The highest BCUT2D eigenvalue weighted by molar-refractivity contribution is 8.00. The monoisotopic (exact) mass is 485 g/mol. The summed E-state index contributed by atoms with van der Waals surface area (Å²) in [4.78, 5) is 4.76. The average Bonchev–Trinajstić information content (AvgIpc) is 3.25. The van der Waals surface area contributed by atoms with Crippen molar-refractivity contribution in [2.24, 2.45) is 0 Å². The molecular weight excluding hydrogens is 463 g/mol. The van der Waals surface area contributed by atoms with Gasteiger partial charge in [0.1, 0.15) is 11.5 Å². The van der Waals surface area contributed by atoms with E-state index in [1.54, 1.807) is 12.1 Å². The first-order chi connectivity index (χ1) is 16.4. The average molecular weight is 486 g/mol. The minimum absolute atomic E-state index is 0.131. The van der Waals surface area contributed by atoms with Crippen molar-refractivity contribution in [1.29, 1.82) is 0 Å². The van der Waals surface area contributed by atoms with Gasteiger partial charge in [0.05, 0.1) is 5.39 Å². The van der Waals surface area contributed by atoms with Crippen LogP contribution in [0.1, 0.15) is 5.56 Å². The number of para-hydroxylation sites is 1. The van der Waals surface area contributed by atoms with Crippen molar-refractivity contribution >= 4 is 28.5 Å². The van der Waals surface area contributed by atoms with Crippen molar-refractivity contribution in [1.82, 2.24) is 10.1 Å². The van der Waals surface area contributed by atoms with Gasteiger partial charge in [0.15, 0.2) is 11.4 Å². The summed E-state index contributed by atoms with van der Waals surface area (Å²) in [6, 6.07) is 21.6. The number of hydrogen-bond acceptors (Lipinski definition) is 6. The maximum absolute atomic E-state index is 12.5. The molecule has 1 saturated heterocycles. The third kappa shape index (κ3) is 5.48. The maximum atomic E-state index is 12.5. The van der Waals surface area contributed by atoms with Gasteiger partial charge in [-0.3, -0.25) is 4.90 Å². The van der Waals surface area contributed by atoms with Crippen LogP contribution in [-0.2, 0) is 6.54 Å². The van der Waals surface area contributed by atoms with Gasteiger partial charge < -0.3 is 14.2 Å². The predicted molar refractivity (Wildman–Crippen MR) is 126 cm³/mol. The molecule has 4 aromatic rings. The predicted octanol–water partition coefficient (Wildman–Crippen LogP) is 6.55. The summed E-state index contributed by atoms with van der Waals surface area (Å²) >= 11 is -0.136. The summed E-state index contributed by atoms with van der Waals surface area (Å²) in [6.07, 6.45) is 0. The van der Waals surface area contributed by atoms with E-state index in [-0.39, 0.29) is 16.7 Å².